The maximum Gasteiger partial charge on any atom is 0.410 e. The van der Waals surface area contributed by atoms with Gasteiger partial charge in [0, 0.05) is 19.7 Å². The van der Waals surface area contributed by atoms with Crippen molar-refractivity contribution in [3.63, 3.8) is 0 Å². The molecule has 0 bridgehead atoms. The third kappa shape index (κ3) is 7.90. The molecule has 1 rings (SSSR count). The molecular formula is C15H29N3O3. The summed E-state index contributed by atoms with van der Waals surface area (Å²) in [6.45, 7) is 8.45. The van der Waals surface area contributed by atoms with E-state index in [1.807, 2.05) is 20.8 Å². The maximum atomic E-state index is 12.0. The number of aliphatic hydroxyl groups is 1. The first kappa shape index (κ1) is 17.8. The van der Waals surface area contributed by atoms with Crippen molar-refractivity contribution in [2.24, 2.45) is 4.99 Å². The predicted octanol–water partition coefficient (Wildman–Crippen LogP) is 1.78. The van der Waals surface area contributed by atoms with E-state index in [4.69, 9.17) is 9.84 Å². The number of nitrogens with one attached hydrogen (secondary N) is 1. The fourth-order valence-corrected chi connectivity index (χ4v) is 2.03. The standard InChI is InChI=1S/C15H29N3O3/c1-15(2,3)21-14(20)18-10-9-17-13(12-18)16-8-6-4-5-7-11-19/h19H,4-12H2,1-3H3,(H,16,17). The second-order valence-electron chi connectivity index (χ2n) is 6.29. The van der Waals surface area contributed by atoms with Gasteiger partial charge in [0.25, 0.3) is 0 Å². The summed E-state index contributed by atoms with van der Waals surface area (Å²) in [6.07, 6.45) is 3.78. The molecule has 2 N–H and O–H groups in total. The summed E-state index contributed by atoms with van der Waals surface area (Å²) in [5, 5.41) is 12.0. The lowest BCUT2D eigenvalue weighted by molar-refractivity contribution is 0.0276. The Morgan fingerprint density at radius 3 is 2.71 bits per heavy atom. The molecular weight excluding hydrogens is 270 g/mol. The SMILES string of the molecule is CC(C)(C)OC(=O)N1CCN=C(NCCCCCCO)C1. The minimum atomic E-state index is -0.466. The summed E-state index contributed by atoms with van der Waals surface area (Å²) in [5.41, 5.74) is -0.466. The number of amidine groups is 1. The molecule has 1 aliphatic rings. The number of ether oxygens (including phenoxy) is 1. The molecule has 0 aromatic heterocycles. The number of hydrogen-bond donors (Lipinski definition) is 2. The molecule has 21 heavy (non-hydrogen) atoms. The topological polar surface area (TPSA) is 74.2 Å². The second-order valence-corrected chi connectivity index (χ2v) is 6.29. The van der Waals surface area contributed by atoms with Gasteiger partial charge in [-0.3, -0.25) is 9.89 Å². The molecule has 0 unspecified atom stereocenters. The number of carbonyl (C=O) groups excluding carboxylic acids is 1. The van der Waals surface area contributed by atoms with Crippen LogP contribution in [0.25, 0.3) is 0 Å². The smallest absolute Gasteiger partial charge is 0.410 e. The van der Waals surface area contributed by atoms with Crippen molar-refractivity contribution in [3.05, 3.63) is 0 Å². The van der Waals surface area contributed by atoms with Gasteiger partial charge in [0.05, 0.1) is 13.1 Å². The molecule has 0 spiro atoms. The van der Waals surface area contributed by atoms with Crippen LogP contribution >= 0.6 is 0 Å². The van der Waals surface area contributed by atoms with E-state index < -0.39 is 5.60 Å². The first-order valence-electron chi connectivity index (χ1n) is 7.78. The molecule has 0 aromatic rings. The highest BCUT2D eigenvalue weighted by atomic mass is 16.6. The molecule has 0 aromatic carbocycles. The maximum absolute atomic E-state index is 12.0. The Morgan fingerprint density at radius 1 is 1.33 bits per heavy atom. The highest BCUT2D eigenvalue weighted by Gasteiger charge is 2.24. The number of nitrogens with zero attached hydrogens (tertiary/aromatic N) is 2. The normalized spacial score (nSPS) is 15.6. The molecule has 0 saturated carbocycles. The molecule has 0 aliphatic carbocycles. The summed E-state index contributed by atoms with van der Waals surface area (Å²) in [7, 11) is 0. The molecule has 0 saturated heterocycles. The molecule has 6 nitrogen and oxygen atoms in total. The van der Waals surface area contributed by atoms with Crippen LogP contribution in [0.5, 0.6) is 0 Å². The zero-order chi connectivity index (χ0) is 15.7. The Kier molecular flexibility index (Phi) is 7.50. The first-order chi connectivity index (χ1) is 9.92. The van der Waals surface area contributed by atoms with Gasteiger partial charge >= 0.3 is 6.09 Å². The van der Waals surface area contributed by atoms with Crippen LogP contribution in [0.1, 0.15) is 46.5 Å². The Morgan fingerprint density at radius 2 is 2.05 bits per heavy atom. The van der Waals surface area contributed by atoms with Crippen LogP contribution in [-0.4, -0.2) is 60.3 Å². The van der Waals surface area contributed by atoms with Gasteiger partial charge in [-0.1, -0.05) is 12.8 Å². The van der Waals surface area contributed by atoms with E-state index in [0.29, 0.717) is 19.6 Å². The number of unbranched alkanes of at least 4 members (excludes halogenated alkanes) is 3. The lowest BCUT2D eigenvalue weighted by Crippen LogP contribution is -2.47. The molecule has 0 radical (unpaired) electrons. The largest absolute Gasteiger partial charge is 0.444 e. The Hall–Kier alpha value is -1.30. The molecule has 0 fully saturated rings. The van der Waals surface area contributed by atoms with Gasteiger partial charge in [0.1, 0.15) is 11.4 Å². The third-order valence-corrected chi connectivity index (χ3v) is 3.08. The van der Waals surface area contributed by atoms with Crippen LogP contribution < -0.4 is 5.32 Å². The van der Waals surface area contributed by atoms with Crippen LogP contribution in [0.4, 0.5) is 4.79 Å². The van der Waals surface area contributed by atoms with Crippen LogP contribution in [0.15, 0.2) is 4.99 Å². The van der Waals surface area contributed by atoms with Gasteiger partial charge in [-0.05, 0) is 33.6 Å². The second kappa shape index (κ2) is 8.87. The molecule has 6 heteroatoms. The van der Waals surface area contributed by atoms with Crippen LogP contribution in [0, 0.1) is 0 Å². The summed E-state index contributed by atoms with van der Waals surface area (Å²) < 4.78 is 5.38. The number of aliphatic hydroxyl groups excluding tert-OH is 1. The number of rotatable bonds is 6. The van der Waals surface area contributed by atoms with Gasteiger partial charge < -0.3 is 15.2 Å². The van der Waals surface area contributed by atoms with Crippen molar-refractivity contribution in [2.75, 3.05) is 32.8 Å². The third-order valence-electron chi connectivity index (χ3n) is 3.08. The molecule has 1 aliphatic heterocycles. The lowest BCUT2D eigenvalue weighted by Gasteiger charge is -2.29. The fourth-order valence-electron chi connectivity index (χ4n) is 2.03. The van der Waals surface area contributed by atoms with E-state index in [9.17, 15) is 4.79 Å². The average molecular weight is 299 g/mol. The van der Waals surface area contributed by atoms with E-state index in [-0.39, 0.29) is 12.7 Å². The van der Waals surface area contributed by atoms with Crippen LogP contribution in [0.2, 0.25) is 0 Å². The van der Waals surface area contributed by atoms with Crippen molar-refractivity contribution in [2.45, 2.75) is 52.1 Å². The quantitative estimate of drug-likeness (QED) is 0.733. The molecule has 0 atom stereocenters. The van der Waals surface area contributed by atoms with Gasteiger partial charge in [0.2, 0.25) is 0 Å². The fraction of sp³-hybridized carbons (Fsp3) is 0.867. The molecule has 1 heterocycles. The van der Waals surface area contributed by atoms with Gasteiger partial charge in [-0.2, -0.15) is 0 Å². The van der Waals surface area contributed by atoms with Gasteiger partial charge in [0.15, 0.2) is 0 Å². The minimum Gasteiger partial charge on any atom is -0.444 e. The van der Waals surface area contributed by atoms with Crippen LogP contribution in [0.3, 0.4) is 0 Å². The zero-order valence-corrected chi connectivity index (χ0v) is 13.5. The minimum absolute atomic E-state index is 0.269. The van der Waals surface area contributed by atoms with Crippen molar-refractivity contribution >= 4 is 11.9 Å². The first-order valence-corrected chi connectivity index (χ1v) is 7.78. The molecule has 1 amide bonds. The predicted molar refractivity (Wildman–Crippen MR) is 83.7 cm³/mol. The molecule has 122 valence electrons. The van der Waals surface area contributed by atoms with E-state index in [1.165, 1.54) is 0 Å². The number of carbonyl (C=O) groups is 1. The Balaban J connectivity index is 2.25. The van der Waals surface area contributed by atoms with Crippen molar-refractivity contribution in [3.8, 4) is 0 Å². The van der Waals surface area contributed by atoms with Gasteiger partial charge in [-0.15, -0.1) is 0 Å². The van der Waals surface area contributed by atoms with E-state index >= 15 is 0 Å². The van der Waals surface area contributed by atoms with E-state index in [1.54, 1.807) is 4.90 Å². The Bertz CT molecular complexity index is 351. The summed E-state index contributed by atoms with van der Waals surface area (Å²) in [6, 6.07) is 0. The average Bonchev–Trinajstić information content (AvgIpc) is 2.41. The number of aliphatic imine (C=N–C) groups is 1. The van der Waals surface area contributed by atoms with Crippen molar-refractivity contribution < 1.29 is 14.6 Å². The van der Waals surface area contributed by atoms with Crippen molar-refractivity contribution in [1.29, 1.82) is 0 Å². The summed E-state index contributed by atoms with van der Waals surface area (Å²) in [5.74, 6) is 0.856. The number of amides is 1. The summed E-state index contributed by atoms with van der Waals surface area (Å²) in [4.78, 5) is 18.1. The van der Waals surface area contributed by atoms with Crippen molar-refractivity contribution in [1.82, 2.24) is 10.2 Å². The van der Waals surface area contributed by atoms with E-state index in [2.05, 4.69) is 10.3 Å². The lowest BCUT2D eigenvalue weighted by atomic mass is 10.2. The van der Waals surface area contributed by atoms with Gasteiger partial charge in [-0.25, -0.2) is 4.79 Å². The number of hydrogen-bond acceptors (Lipinski definition) is 5. The Labute approximate surface area is 127 Å². The highest BCUT2D eigenvalue weighted by Crippen LogP contribution is 2.11. The monoisotopic (exact) mass is 299 g/mol. The highest BCUT2D eigenvalue weighted by molar-refractivity contribution is 5.87. The summed E-state index contributed by atoms with van der Waals surface area (Å²) >= 11 is 0. The van der Waals surface area contributed by atoms with Crippen LogP contribution in [-0.2, 0) is 4.74 Å². The zero-order valence-electron chi connectivity index (χ0n) is 13.5. The van der Waals surface area contributed by atoms with E-state index in [0.717, 1.165) is 38.1 Å².